The van der Waals surface area contributed by atoms with Crippen molar-refractivity contribution < 1.29 is 14.3 Å². The molecule has 0 unspecified atom stereocenters. The summed E-state index contributed by atoms with van der Waals surface area (Å²) in [5, 5.41) is 7.37. The van der Waals surface area contributed by atoms with Crippen molar-refractivity contribution in [1.29, 1.82) is 0 Å². The van der Waals surface area contributed by atoms with Crippen molar-refractivity contribution >= 4 is 29.8 Å². The zero-order valence-electron chi connectivity index (χ0n) is 12.2. The monoisotopic (exact) mass is 338 g/mol. The van der Waals surface area contributed by atoms with Gasteiger partial charge in [-0.3, -0.25) is 5.10 Å². The number of carbonyl (C=O) groups is 1. The van der Waals surface area contributed by atoms with E-state index in [1.54, 1.807) is 19.1 Å². The van der Waals surface area contributed by atoms with Crippen LogP contribution in [0.4, 0.5) is 0 Å². The molecular weight excluding hydrogens is 324 g/mol. The molecule has 0 aliphatic carbocycles. The maximum atomic E-state index is 11.3. The summed E-state index contributed by atoms with van der Waals surface area (Å²) < 4.78 is 10.7. The number of hydrogen-bond donors (Lipinski definition) is 1. The predicted molar refractivity (Wildman–Crippen MR) is 86.7 cm³/mol. The topological polar surface area (TPSA) is 64.2 Å². The number of rotatable bonds is 5. The Morgan fingerprint density at radius 2 is 2.18 bits per heavy atom. The molecule has 22 heavy (non-hydrogen) atoms. The Labute approximate surface area is 138 Å². The molecule has 0 saturated heterocycles. The minimum Gasteiger partial charge on any atom is -0.480 e. The van der Waals surface area contributed by atoms with Gasteiger partial charge in [-0.05, 0) is 43.7 Å². The van der Waals surface area contributed by atoms with E-state index in [0.29, 0.717) is 22.0 Å². The first-order chi connectivity index (χ1) is 10.5. The number of nitrogens with zero attached hydrogens (tertiary/aromatic N) is 1. The highest BCUT2D eigenvalue weighted by Crippen LogP contribution is 2.30. The first kappa shape index (κ1) is 16.5. The predicted octanol–water partition coefficient (Wildman–Crippen LogP) is 3.71. The maximum absolute atomic E-state index is 11.3. The molecule has 0 radical (unpaired) electrons. The van der Waals surface area contributed by atoms with Crippen molar-refractivity contribution in [3.05, 3.63) is 39.5 Å². The van der Waals surface area contributed by atoms with Gasteiger partial charge in [0.1, 0.15) is 10.4 Å². The van der Waals surface area contributed by atoms with Gasteiger partial charge in [0.15, 0.2) is 6.61 Å². The SMILES string of the molecule is CCOC(=O)COc1ccc(-c2n[nH]c(=S)cc2C)cc1Cl. The molecule has 2 rings (SSSR count). The van der Waals surface area contributed by atoms with Crippen LogP contribution in [0.2, 0.25) is 5.02 Å². The molecule has 0 amide bonds. The number of benzene rings is 1. The molecule has 1 aromatic carbocycles. The number of hydrogen-bond acceptors (Lipinski definition) is 5. The molecule has 1 heterocycles. The normalized spacial score (nSPS) is 10.3. The Bertz CT molecular complexity index is 746. The van der Waals surface area contributed by atoms with E-state index in [2.05, 4.69) is 10.2 Å². The molecule has 0 fully saturated rings. The maximum Gasteiger partial charge on any atom is 0.344 e. The van der Waals surface area contributed by atoms with Crippen molar-refractivity contribution in [2.75, 3.05) is 13.2 Å². The summed E-state index contributed by atoms with van der Waals surface area (Å²) in [7, 11) is 0. The standard InChI is InChI=1S/C15H15ClN2O3S/c1-3-20-14(19)8-21-12-5-4-10(7-11(12)16)15-9(2)6-13(22)17-18-15/h4-7H,3,8H2,1-2H3,(H,17,22). The lowest BCUT2D eigenvalue weighted by Crippen LogP contribution is -2.14. The largest absolute Gasteiger partial charge is 0.480 e. The highest BCUT2D eigenvalue weighted by molar-refractivity contribution is 7.71. The fourth-order valence-electron chi connectivity index (χ4n) is 1.89. The molecule has 0 bridgehead atoms. The van der Waals surface area contributed by atoms with Crippen LogP contribution in [0, 0.1) is 11.6 Å². The fraction of sp³-hybridized carbons (Fsp3) is 0.267. The number of H-pyrrole nitrogens is 1. The molecule has 1 aromatic heterocycles. The average Bonchev–Trinajstić information content (AvgIpc) is 2.46. The zero-order chi connectivity index (χ0) is 16.1. The summed E-state index contributed by atoms with van der Waals surface area (Å²) in [5.41, 5.74) is 2.53. The van der Waals surface area contributed by atoms with Gasteiger partial charge in [-0.25, -0.2) is 4.79 Å². The number of esters is 1. The second kappa shape index (κ2) is 7.38. The Morgan fingerprint density at radius 3 is 2.82 bits per heavy atom. The molecule has 1 N–H and O–H groups in total. The van der Waals surface area contributed by atoms with Gasteiger partial charge in [0.2, 0.25) is 0 Å². The van der Waals surface area contributed by atoms with Gasteiger partial charge in [0.05, 0.1) is 17.3 Å². The highest BCUT2D eigenvalue weighted by atomic mass is 35.5. The minimum absolute atomic E-state index is 0.178. The second-order valence-electron chi connectivity index (χ2n) is 4.50. The van der Waals surface area contributed by atoms with E-state index < -0.39 is 5.97 Å². The summed E-state index contributed by atoms with van der Waals surface area (Å²) in [6.45, 7) is 3.79. The molecule has 2 aromatic rings. The number of halogens is 1. The van der Waals surface area contributed by atoms with Gasteiger partial charge in [0, 0.05) is 5.56 Å². The van der Waals surface area contributed by atoms with E-state index in [4.69, 9.17) is 33.3 Å². The number of ether oxygens (including phenoxy) is 2. The summed E-state index contributed by atoms with van der Waals surface area (Å²) in [6.07, 6.45) is 0. The average molecular weight is 339 g/mol. The van der Waals surface area contributed by atoms with Gasteiger partial charge >= 0.3 is 5.97 Å². The van der Waals surface area contributed by atoms with E-state index >= 15 is 0 Å². The lowest BCUT2D eigenvalue weighted by Gasteiger charge is -2.10. The van der Waals surface area contributed by atoms with Crippen LogP contribution in [-0.4, -0.2) is 29.4 Å². The molecular formula is C15H15ClN2O3S. The van der Waals surface area contributed by atoms with Crippen molar-refractivity contribution in [1.82, 2.24) is 10.2 Å². The summed E-state index contributed by atoms with van der Waals surface area (Å²) in [4.78, 5) is 11.3. The molecule has 116 valence electrons. The van der Waals surface area contributed by atoms with E-state index in [1.807, 2.05) is 19.1 Å². The second-order valence-corrected chi connectivity index (χ2v) is 5.35. The summed E-state index contributed by atoms with van der Waals surface area (Å²) >= 11 is 11.2. The van der Waals surface area contributed by atoms with Gasteiger partial charge in [0.25, 0.3) is 0 Å². The van der Waals surface area contributed by atoms with Crippen LogP contribution in [0.25, 0.3) is 11.3 Å². The van der Waals surface area contributed by atoms with Crippen molar-refractivity contribution in [2.45, 2.75) is 13.8 Å². The highest BCUT2D eigenvalue weighted by Gasteiger charge is 2.10. The van der Waals surface area contributed by atoms with Crippen LogP contribution in [0.1, 0.15) is 12.5 Å². The van der Waals surface area contributed by atoms with Gasteiger partial charge in [-0.15, -0.1) is 0 Å². The van der Waals surface area contributed by atoms with E-state index in [1.165, 1.54) is 0 Å². The number of nitrogens with one attached hydrogen (secondary N) is 1. The first-order valence-electron chi connectivity index (χ1n) is 6.66. The number of aryl methyl sites for hydroxylation is 1. The van der Waals surface area contributed by atoms with Crippen molar-refractivity contribution in [3.8, 4) is 17.0 Å². The molecule has 0 spiro atoms. The van der Waals surface area contributed by atoms with E-state index in [0.717, 1.165) is 16.8 Å². The van der Waals surface area contributed by atoms with Crippen LogP contribution in [0.3, 0.4) is 0 Å². The molecule has 0 atom stereocenters. The number of carbonyl (C=O) groups excluding carboxylic acids is 1. The lowest BCUT2D eigenvalue weighted by atomic mass is 10.1. The molecule has 5 nitrogen and oxygen atoms in total. The Balaban J connectivity index is 2.19. The first-order valence-corrected chi connectivity index (χ1v) is 7.44. The third-order valence-corrected chi connectivity index (χ3v) is 3.36. The van der Waals surface area contributed by atoms with Crippen LogP contribution in [0.15, 0.2) is 24.3 Å². The van der Waals surface area contributed by atoms with Crippen molar-refractivity contribution in [3.63, 3.8) is 0 Å². The minimum atomic E-state index is -0.434. The Hall–Kier alpha value is -1.92. The number of aromatic amines is 1. The molecule has 0 aliphatic heterocycles. The molecule has 7 heteroatoms. The smallest absolute Gasteiger partial charge is 0.344 e. The van der Waals surface area contributed by atoms with E-state index in [-0.39, 0.29) is 6.61 Å². The van der Waals surface area contributed by atoms with Crippen LogP contribution in [-0.2, 0) is 9.53 Å². The Kier molecular flexibility index (Phi) is 5.51. The Morgan fingerprint density at radius 1 is 1.41 bits per heavy atom. The van der Waals surface area contributed by atoms with Crippen molar-refractivity contribution in [2.24, 2.45) is 0 Å². The van der Waals surface area contributed by atoms with Gasteiger partial charge < -0.3 is 9.47 Å². The summed E-state index contributed by atoms with van der Waals surface area (Å²) in [6, 6.07) is 7.07. The third kappa shape index (κ3) is 4.05. The lowest BCUT2D eigenvalue weighted by molar-refractivity contribution is -0.145. The fourth-order valence-corrected chi connectivity index (χ4v) is 2.35. The quantitative estimate of drug-likeness (QED) is 0.665. The van der Waals surface area contributed by atoms with E-state index in [9.17, 15) is 4.79 Å². The van der Waals surface area contributed by atoms with Crippen LogP contribution >= 0.6 is 23.8 Å². The number of aromatic nitrogens is 2. The molecule has 0 aliphatic rings. The zero-order valence-corrected chi connectivity index (χ0v) is 13.8. The van der Waals surface area contributed by atoms with Crippen LogP contribution in [0.5, 0.6) is 5.75 Å². The third-order valence-electron chi connectivity index (χ3n) is 2.86. The van der Waals surface area contributed by atoms with Crippen LogP contribution < -0.4 is 4.74 Å². The van der Waals surface area contributed by atoms with Gasteiger partial charge in [-0.1, -0.05) is 23.8 Å². The summed E-state index contributed by atoms with van der Waals surface area (Å²) in [5.74, 6) is -0.0178. The molecule has 0 saturated carbocycles. The van der Waals surface area contributed by atoms with Gasteiger partial charge in [-0.2, -0.15) is 5.10 Å².